The second kappa shape index (κ2) is 8.83. The summed E-state index contributed by atoms with van der Waals surface area (Å²) in [5, 5.41) is 0. The molecule has 2 heteroatoms. The van der Waals surface area contributed by atoms with Crippen molar-refractivity contribution in [2.75, 3.05) is 13.1 Å². The SMILES string of the molecule is C(=N[C@@H]1C2CCN(CC2)[C@H]1C(c1ccccc1)c1ccccc1)C1CCCCC1. The van der Waals surface area contributed by atoms with Crippen LogP contribution in [0.1, 0.15) is 62.0 Å². The van der Waals surface area contributed by atoms with E-state index in [1.54, 1.807) is 0 Å². The fourth-order valence-corrected chi connectivity index (χ4v) is 6.08. The minimum absolute atomic E-state index is 0.397. The van der Waals surface area contributed by atoms with Gasteiger partial charge in [0.1, 0.15) is 0 Å². The maximum Gasteiger partial charge on any atom is 0.0689 e. The summed E-state index contributed by atoms with van der Waals surface area (Å²) in [6.07, 6.45) is 11.9. The molecular formula is C27H34N2. The zero-order chi connectivity index (χ0) is 19.5. The Balaban J connectivity index is 1.50. The van der Waals surface area contributed by atoms with Gasteiger partial charge >= 0.3 is 0 Å². The summed E-state index contributed by atoms with van der Waals surface area (Å²) in [5.74, 6) is 1.86. The van der Waals surface area contributed by atoms with Crippen LogP contribution in [0.2, 0.25) is 0 Å². The molecule has 0 spiro atoms. The topological polar surface area (TPSA) is 15.6 Å². The van der Waals surface area contributed by atoms with E-state index < -0.39 is 0 Å². The van der Waals surface area contributed by atoms with Crippen LogP contribution in [0.15, 0.2) is 65.7 Å². The van der Waals surface area contributed by atoms with Crippen LogP contribution in [0.3, 0.4) is 0 Å². The van der Waals surface area contributed by atoms with E-state index in [0.29, 0.717) is 23.9 Å². The molecule has 0 radical (unpaired) electrons. The van der Waals surface area contributed by atoms with E-state index in [-0.39, 0.29) is 0 Å². The second-order valence-electron chi connectivity index (χ2n) is 9.35. The number of piperidine rings is 3. The van der Waals surface area contributed by atoms with Crippen LogP contribution in [-0.4, -0.2) is 36.3 Å². The molecule has 0 N–H and O–H groups in total. The zero-order valence-corrected chi connectivity index (χ0v) is 17.5. The van der Waals surface area contributed by atoms with Gasteiger partial charge in [0.2, 0.25) is 0 Å². The van der Waals surface area contributed by atoms with Gasteiger partial charge in [-0.15, -0.1) is 0 Å². The van der Waals surface area contributed by atoms with Crippen molar-refractivity contribution in [3.05, 3.63) is 71.8 Å². The highest BCUT2D eigenvalue weighted by atomic mass is 15.2. The first-order chi connectivity index (χ1) is 14.4. The van der Waals surface area contributed by atoms with Crippen LogP contribution in [0.5, 0.6) is 0 Å². The van der Waals surface area contributed by atoms with E-state index in [2.05, 4.69) is 71.8 Å². The smallest absolute Gasteiger partial charge is 0.0689 e. The third-order valence-corrected chi connectivity index (χ3v) is 7.61. The van der Waals surface area contributed by atoms with Crippen LogP contribution in [0.25, 0.3) is 0 Å². The van der Waals surface area contributed by atoms with Crippen molar-refractivity contribution in [1.82, 2.24) is 4.90 Å². The number of nitrogens with zero attached hydrogens (tertiary/aromatic N) is 2. The zero-order valence-electron chi connectivity index (χ0n) is 17.5. The Kier molecular flexibility index (Phi) is 5.80. The maximum atomic E-state index is 5.38. The molecule has 2 nitrogen and oxygen atoms in total. The van der Waals surface area contributed by atoms with Gasteiger partial charge in [0, 0.05) is 18.2 Å². The molecule has 1 saturated carbocycles. The van der Waals surface area contributed by atoms with Crippen LogP contribution < -0.4 is 0 Å². The molecule has 0 unspecified atom stereocenters. The Bertz CT molecular complexity index is 746. The fourth-order valence-electron chi connectivity index (χ4n) is 6.08. The van der Waals surface area contributed by atoms with Gasteiger partial charge in [0.15, 0.2) is 0 Å². The van der Waals surface area contributed by atoms with E-state index >= 15 is 0 Å². The summed E-state index contributed by atoms with van der Waals surface area (Å²) < 4.78 is 0. The summed E-state index contributed by atoms with van der Waals surface area (Å²) in [7, 11) is 0. The summed E-state index contributed by atoms with van der Waals surface area (Å²) in [5.41, 5.74) is 2.88. The molecule has 0 amide bonds. The van der Waals surface area contributed by atoms with Crippen molar-refractivity contribution in [2.45, 2.75) is 62.9 Å². The lowest BCUT2D eigenvalue weighted by Gasteiger charge is -2.52. The predicted molar refractivity (Wildman–Crippen MR) is 122 cm³/mol. The van der Waals surface area contributed by atoms with E-state index in [1.807, 2.05) is 0 Å². The summed E-state index contributed by atoms with van der Waals surface area (Å²) in [4.78, 5) is 8.13. The molecule has 2 atom stereocenters. The molecule has 1 aliphatic carbocycles. The average Bonchev–Trinajstić information content (AvgIpc) is 2.81. The molecule has 4 fully saturated rings. The van der Waals surface area contributed by atoms with Gasteiger partial charge in [0.25, 0.3) is 0 Å². The third kappa shape index (κ3) is 4.05. The number of hydrogen-bond donors (Lipinski definition) is 0. The van der Waals surface area contributed by atoms with Crippen LogP contribution in [0.4, 0.5) is 0 Å². The van der Waals surface area contributed by atoms with Gasteiger partial charge in [-0.05, 0) is 61.7 Å². The molecule has 2 bridgehead atoms. The van der Waals surface area contributed by atoms with Crippen LogP contribution >= 0.6 is 0 Å². The molecule has 3 heterocycles. The number of rotatable bonds is 5. The summed E-state index contributed by atoms with van der Waals surface area (Å²) in [6, 6.07) is 23.3. The van der Waals surface area contributed by atoms with Crippen molar-refractivity contribution in [3.63, 3.8) is 0 Å². The van der Waals surface area contributed by atoms with Crippen molar-refractivity contribution < 1.29 is 0 Å². The van der Waals surface area contributed by atoms with Crippen LogP contribution in [-0.2, 0) is 0 Å². The number of fused-ring (bicyclic) bond motifs is 3. The molecule has 4 aliphatic rings. The lowest BCUT2D eigenvalue weighted by atomic mass is 9.70. The third-order valence-electron chi connectivity index (χ3n) is 7.61. The van der Waals surface area contributed by atoms with Crippen molar-refractivity contribution in [3.8, 4) is 0 Å². The average molecular weight is 387 g/mol. The Morgan fingerprint density at radius 2 is 1.34 bits per heavy atom. The lowest BCUT2D eigenvalue weighted by molar-refractivity contribution is 0.0213. The Labute approximate surface area is 176 Å². The Morgan fingerprint density at radius 3 is 1.93 bits per heavy atom. The molecule has 2 aromatic rings. The first-order valence-corrected chi connectivity index (χ1v) is 11.8. The maximum absolute atomic E-state index is 5.38. The molecule has 152 valence electrons. The highest BCUT2D eigenvalue weighted by Crippen LogP contribution is 2.43. The van der Waals surface area contributed by atoms with Gasteiger partial charge < -0.3 is 0 Å². The molecule has 0 aromatic heterocycles. The van der Waals surface area contributed by atoms with Crippen molar-refractivity contribution in [1.29, 1.82) is 0 Å². The summed E-state index contributed by atoms with van der Waals surface area (Å²) in [6.45, 7) is 2.47. The first-order valence-electron chi connectivity index (χ1n) is 11.8. The minimum Gasteiger partial charge on any atom is -0.297 e. The predicted octanol–water partition coefficient (Wildman–Crippen LogP) is 5.93. The highest BCUT2D eigenvalue weighted by molar-refractivity contribution is 5.61. The first kappa shape index (κ1) is 19.1. The van der Waals surface area contributed by atoms with Gasteiger partial charge in [-0.1, -0.05) is 79.9 Å². The number of hydrogen-bond acceptors (Lipinski definition) is 2. The monoisotopic (exact) mass is 386 g/mol. The quantitative estimate of drug-likeness (QED) is 0.581. The van der Waals surface area contributed by atoms with Gasteiger partial charge in [-0.25, -0.2) is 0 Å². The molecule has 29 heavy (non-hydrogen) atoms. The van der Waals surface area contributed by atoms with Crippen LogP contribution in [0, 0.1) is 11.8 Å². The van der Waals surface area contributed by atoms with Gasteiger partial charge in [0.05, 0.1) is 6.04 Å². The van der Waals surface area contributed by atoms with E-state index in [9.17, 15) is 0 Å². The standard InChI is InChI=1S/C27H34N2/c1-4-10-21(11-5-1)20-28-26-24-16-18-29(19-17-24)27(26)25(22-12-6-2-7-13-22)23-14-8-3-9-15-23/h2-3,6-9,12-15,20-21,24-27H,1,4-5,10-11,16-19H2/t26-,27+/m1/s1. The molecule has 3 aliphatic heterocycles. The van der Waals surface area contributed by atoms with Gasteiger partial charge in [-0.2, -0.15) is 0 Å². The number of aliphatic imine (C=N–C) groups is 1. The van der Waals surface area contributed by atoms with E-state index in [0.717, 1.165) is 5.92 Å². The van der Waals surface area contributed by atoms with Crippen molar-refractivity contribution in [2.24, 2.45) is 16.8 Å². The van der Waals surface area contributed by atoms with Crippen molar-refractivity contribution >= 4 is 6.21 Å². The minimum atomic E-state index is 0.397. The molecule has 2 aromatic carbocycles. The molecule has 3 saturated heterocycles. The summed E-state index contributed by atoms with van der Waals surface area (Å²) >= 11 is 0. The fraction of sp³-hybridized carbons (Fsp3) is 0.519. The Morgan fingerprint density at radius 1 is 0.759 bits per heavy atom. The normalized spacial score (nSPS) is 30.2. The second-order valence-corrected chi connectivity index (χ2v) is 9.35. The number of benzene rings is 2. The highest BCUT2D eigenvalue weighted by Gasteiger charge is 2.46. The Hall–Kier alpha value is -1.93. The molecular weight excluding hydrogens is 352 g/mol. The van der Waals surface area contributed by atoms with Gasteiger partial charge in [-0.3, -0.25) is 9.89 Å². The largest absolute Gasteiger partial charge is 0.297 e. The lowest BCUT2D eigenvalue weighted by Crippen LogP contribution is -2.59. The molecule has 6 rings (SSSR count). The van der Waals surface area contributed by atoms with E-state index in [4.69, 9.17) is 4.99 Å². The van der Waals surface area contributed by atoms with E-state index in [1.165, 1.54) is 69.2 Å².